The predicted octanol–water partition coefficient (Wildman–Crippen LogP) is -0.607. The molecule has 0 fully saturated rings. The van der Waals surface area contributed by atoms with Gasteiger partial charge in [0.2, 0.25) is 0 Å². The monoisotopic (exact) mass is 266 g/mol. The van der Waals surface area contributed by atoms with Gasteiger partial charge >= 0.3 is 8.80 Å². The number of nitrogens with two attached hydrogens (primary N) is 1. The first-order chi connectivity index (χ1) is 8.24. The molecule has 0 saturated heterocycles. The highest BCUT2D eigenvalue weighted by molar-refractivity contribution is 6.60. The number of hydrogen-bond donors (Lipinski definition) is 3. The van der Waals surface area contributed by atoms with Crippen molar-refractivity contribution in [2.75, 3.05) is 54.1 Å². The van der Waals surface area contributed by atoms with Gasteiger partial charge in [-0.05, 0) is 13.0 Å². The first kappa shape index (κ1) is 17.0. The van der Waals surface area contributed by atoms with Crippen LogP contribution < -0.4 is 16.4 Å². The van der Waals surface area contributed by atoms with E-state index in [1.165, 1.54) is 0 Å². The fourth-order valence-corrected chi connectivity index (χ4v) is 3.24. The van der Waals surface area contributed by atoms with Gasteiger partial charge in [0.05, 0.1) is 0 Å². The summed E-state index contributed by atoms with van der Waals surface area (Å²) < 4.78 is 16.0. The average Bonchev–Trinajstić information content (AvgIpc) is 2.38. The van der Waals surface area contributed by atoms with E-state index in [4.69, 9.17) is 19.0 Å². The van der Waals surface area contributed by atoms with Crippen molar-refractivity contribution in [1.29, 1.82) is 0 Å². The summed E-state index contributed by atoms with van der Waals surface area (Å²) >= 11 is 0. The van der Waals surface area contributed by atoms with Crippen LogP contribution in [-0.4, -0.2) is 62.9 Å². The largest absolute Gasteiger partial charge is 0.500 e. The van der Waals surface area contributed by atoms with Crippen LogP contribution in [0.25, 0.3) is 0 Å². The highest BCUT2D eigenvalue weighted by Gasteiger charge is 2.36. The van der Waals surface area contributed by atoms with Crippen LogP contribution in [0.5, 0.6) is 0 Å². The van der Waals surface area contributed by atoms with Gasteiger partial charge in [-0.3, -0.25) is 0 Å². The minimum atomic E-state index is -2.37. The second-order valence-corrected chi connectivity index (χ2v) is 6.78. The fourth-order valence-electron chi connectivity index (χ4n) is 1.51. The number of nitrogens with one attached hydrogen (secondary N) is 2. The molecular formula is C10H27N3O3Si. The second-order valence-electron chi connectivity index (χ2n) is 3.69. The Bertz CT molecular complexity index is 163. The van der Waals surface area contributed by atoms with Crippen LogP contribution in [0.3, 0.4) is 0 Å². The van der Waals surface area contributed by atoms with E-state index in [9.17, 15) is 0 Å². The summed E-state index contributed by atoms with van der Waals surface area (Å²) in [5, 5.41) is 6.56. The van der Waals surface area contributed by atoms with E-state index < -0.39 is 8.80 Å². The highest BCUT2D eigenvalue weighted by Crippen LogP contribution is 2.14. The lowest BCUT2D eigenvalue weighted by atomic mass is 10.4. The number of rotatable bonds is 12. The molecular weight excluding hydrogens is 239 g/mol. The molecule has 0 aromatic rings. The van der Waals surface area contributed by atoms with E-state index in [-0.39, 0.29) is 0 Å². The third-order valence-corrected chi connectivity index (χ3v) is 5.40. The van der Waals surface area contributed by atoms with E-state index in [1.54, 1.807) is 21.3 Å². The van der Waals surface area contributed by atoms with Crippen LogP contribution in [0.2, 0.25) is 6.04 Å². The van der Waals surface area contributed by atoms with Crippen molar-refractivity contribution in [2.45, 2.75) is 12.5 Å². The predicted molar refractivity (Wildman–Crippen MR) is 71.0 cm³/mol. The summed E-state index contributed by atoms with van der Waals surface area (Å²) in [5.41, 5.74) is 5.36. The Balaban J connectivity index is 3.43. The normalized spacial score (nSPS) is 12.0. The van der Waals surface area contributed by atoms with Crippen LogP contribution in [0.1, 0.15) is 6.42 Å². The van der Waals surface area contributed by atoms with Crippen molar-refractivity contribution in [3.05, 3.63) is 0 Å². The molecule has 0 unspecified atom stereocenters. The Morgan fingerprint density at radius 3 is 1.88 bits per heavy atom. The minimum Gasteiger partial charge on any atom is -0.377 e. The van der Waals surface area contributed by atoms with E-state index in [0.29, 0.717) is 6.54 Å². The third-order valence-electron chi connectivity index (χ3n) is 2.57. The van der Waals surface area contributed by atoms with Crippen LogP contribution in [-0.2, 0) is 13.3 Å². The molecule has 0 bridgehead atoms. The summed E-state index contributed by atoms with van der Waals surface area (Å²) in [6.07, 6.45) is 0.985. The second kappa shape index (κ2) is 11.1. The highest BCUT2D eigenvalue weighted by atomic mass is 28.4. The van der Waals surface area contributed by atoms with Crippen LogP contribution in [0.15, 0.2) is 0 Å². The lowest BCUT2D eigenvalue weighted by Crippen LogP contribution is -2.43. The molecule has 0 aliphatic rings. The van der Waals surface area contributed by atoms with Gasteiger partial charge in [-0.2, -0.15) is 0 Å². The first-order valence-corrected chi connectivity index (χ1v) is 7.94. The molecule has 0 heterocycles. The van der Waals surface area contributed by atoms with Crippen LogP contribution >= 0.6 is 0 Å². The maximum Gasteiger partial charge on any atom is 0.500 e. The van der Waals surface area contributed by atoms with E-state index in [2.05, 4.69) is 10.6 Å². The summed E-state index contributed by atoms with van der Waals surface area (Å²) in [4.78, 5) is 0. The quantitative estimate of drug-likeness (QED) is 0.249. The molecule has 0 atom stereocenters. The van der Waals surface area contributed by atoms with Gasteiger partial charge in [-0.1, -0.05) is 0 Å². The standard InChI is InChI=1S/C10H27N3O3Si/c1-14-17(15-2,16-3)10-4-6-12-8-9-13-7-5-11/h12-13H,4-11H2,1-3H3/i11+1. The Labute approximate surface area is 106 Å². The van der Waals surface area contributed by atoms with Crippen LogP contribution in [0.4, 0.5) is 0 Å². The summed E-state index contributed by atoms with van der Waals surface area (Å²) in [6, 6.07) is 0.833. The van der Waals surface area contributed by atoms with Gasteiger partial charge < -0.3 is 29.6 Å². The summed E-state index contributed by atoms with van der Waals surface area (Å²) in [5.74, 6) is 0. The molecule has 0 aliphatic carbocycles. The zero-order valence-corrected chi connectivity index (χ0v) is 12.3. The lowest BCUT2D eigenvalue weighted by molar-refractivity contribution is 0.123. The molecule has 104 valence electrons. The van der Waals surface area contributed by atoms with Crippen molar-refractivity contribution in [3.63, 3.8) is 0 Å². The third kappa shape index (κ3) is 7.82. The van der Waals surface area contributed by atoms with E-state index in [1.807, 2.05) is 0 Å². The van der Waals surface area contributed by atoms with Gasteiger partial charge in [0.1, 0.15) is 0 Å². The first-order valence-electron chi connectivity index (χ1n) is 6.01. The van der Waals surface area contributed by atoms with Gasteiger partial charge in [-0.15, -0.1) is 0 Å². The molecule has 0 saturated carbocycles. The maximum atomic E-state index is 5.36. The molecule has 0 rings (SSSR count). The maximum absolute atomic E-state index is 5.36. The smallest absolute Gasteiger partial charge is 0.377 e. The zero-order valence-electron chi connectivity index (χ0n) is 11.3. The van der Waals surface area contributed by atoms with Crippen molar-refractivity contribution in [1.82, 2.24) is 10.6 Å². The zero-order chi connectivity index (χ0) is 13.0. The molecule has 0 amide bonds. The van der Waals surface area contributed by atoms with Gasteiger partial charge in [0.25, 0.3) is 0 Å². The molecule has 7 heteroatoms. The van der Waals surface area contributed by atoms with E-state index in [0.717, 1.165) is 38.6 Å². The van der Waals surface area contributed by atoms with Gasteiger partial charge in [0.15, 0.2) is 0 Å². The summed E-state index contributed by atoms with van der Waals surface area (Å²) in [7, 11) is 2.56. The minimum absolute atomic E-state index is 0.684. The van der Waals surface area contributed by atoms with Crippen molar-refractivity contribution < 1.29 is 13.3 Å². The fraction of sp³-hybridized carbons (Fsp3) is 1.00. The average molecular weight is 266 g/mol. The molecule has 0 aromatic carbocycles. The van der Waals surface area contributed by atoms with Crippen LogP contribution in [0, 0.1) is 0 Å². The number of hydrogen-bond acceptors (Lipinski definition) is 6. The lowest BCUT2D eigenvalue weighted by Gasteiger charge is -2.24. The Morgan fingerprint density at radius 2 is 1.41 bits per heavy atom. The molecule has 4 N–H and O–H groups in total. The molecule has 0 aliphatic heterocycles. The molecule has 0 spiro atoms. The Morgan fingerprint density at radius 1 is 0.882 bits per heavy atom. The Kier molecular flexibility index (Phi) is 11.1. The van der Waals surface area contributed by atoms with E-state index >= 15 is 0 Å². The molecule has 0 aromatic heterocycles. The van der Waals surface area contributed by atoms with Gasteiger partial charge in [0, 0.05) is 53.6 Å². The molecule has 0 radical (unpaired) electrons. The topological polar surface area (TPSA) is 77.8 Å². The SMILES string of the molecule is CO[Si](CCCNCCNCC[15NH2])(OC)OC. The Hall–Kier alpha value is -0.0231. The van der Waals surface area contributed by atoms with Crippen molar-refractivity contribution in [3.8, 4) is 0 Å². The van der Waals surface area contributed by atoms with Gasteiger partial charge in [-0.25, -0.2) is 0 Å². The molecule has 17 heavy (non-hydrogen) atoms. The summed E-state index contributed by atoms with van der Waals surface area (Å²) in [6.45, 7) is 4.38. The molecule has 6 nitrogen and oxygen atoms in total. The van der Waals surface area contributed by atoms with Crippen molar-refractivity contribution in [2.24, 2.45) is 5.73 Å². The van der Waals surface area contributed by atoms with Crippen molar-refractivity contribution >= 4 is 8.80 Å².